The van der Waals surface area contributed by atoms with Gasteiger partial charge in [0.15, 0.2) is 0 Å². The van der Waals surface area contributed by atoms with Crippen molar-refractivity contribution < 1.29 is 19.1 Å². The SMILES string of the molecule is COc1ccc(OC(C)C)c(NC(=O)c2cc(C(N)=O)cs2)c1. The summed E-state index contributed by atoms with van der Waals surface area (Å²) in [7, 11) is 1.54. The van der Waals surface area contributed by atoms with E-state index in [4.69, 9.17) is 15.2 Å². The molecule has 0 spiro atoms. The Morgan fingerprint density at radius 1 is 1.26 bits per heavy atom. The molecule has 0 fully saturated rings. The van der Waals surface area contributed by atoms with Gasteiger partial charge in [-0.25, -0.2) is 0 Å². The van der Waals surface area contributed by atoms with Crippen LogP contribution in [0, 0.1) is 0 Å². The molecule has 23 heavy (non-hydrogen) atoms. The van der Waals surface area contributed by atoms with Crippen LogP contribution in [-0.2, 0) is 0 Å². The molecule has 122 valence electrons. The maximum Gasteiger partial charge on any atom is 0.265 e. The first-order valence-corrected chi connectivity index (χ1v) is 7.83. The molecule has 1 aromatic carbocycles. The van der Waals surface area contributed by atoms with Gasteiger partial charge < -0.3 is 20.5 Å². The molecule has 0 bridgehead atoms. The summed E-state index contributed by atoms with van der Waals surface area (Å²) >= 11 is 1.15. The Morgan fingerprint density at radius 2 is 2.00 bits per heavy atom. The van der Waals surface area contributed by atoms with Gasteiger partial charge in [-0.2, -0.15) is 0 Å². The first-order chi connectivity index (χ1) is 10.9. The molecule has 3 N–H and O–H groups in total. The number of amides is 2. The van der Waals surface area contributed by atoms with Crippen molar-refractivity contribution in [3.05, 3.63) is 40.1 Å². The maximum atomic E-state index is 12.3. The molecule has 2 aromatic rings. The normalized spacial score (nSPS) is 10.4. The lowest BCUT2D eigenvalue weighted by Gasteiger charge is -2.15. The minimum atomic E-state index is -0.564. The zero-order valence-corrected chi connectivity index (χ0v) is 13.9. The molecule has 7 heteroatoms. The molecule has 0 atom stereocenters. The molecule has 6 nitrogen and oxygen atoms in total. The Balaban J connectivity index is 2.25. The number of thiophene rings is 1. The largest absolute Gasteiger partial charge is 0.497 e. The highest BCUT2D eigenvalue weighted by Crippen LogP contribution is 2.31. The van der Waals surface area contributed by atoms with Gasteiger partial charge in [-0.15, -0.1) is 11.3 Å². The summed E-state index contributed by atoms with van der Waals surface area (Å²) in [6.07, 6.45) is -0.0396. The van der Waals surface area contributed by atoms with Gasteiger partial charge in [0.05, 0.1) is 29.3 Å². The zero-order chi connectivity index (χ0) is 17.0. The molecule has 0 saturated heterocycles. The van der Waals surface area contributed by atoms with Crippen LogP contribution < -0.4 is 20.5 Å². The minimum Gasteiger partial charge on any atom is -0.497 e. The van der Waals surface area contributed by atoms with E-state index in [0.29, 0.717) is 27.6 Å². The molecule has 0 aliphatic carbocycles. The molecule has 2 rings (SSSR count). The number of primary amides is 1. The van der Waals surface area contributed by atoms with Crippen LogP contribution in [0.4, 0.5) is 5.69 Å². The molecular weight excluding hydrogens is 316 g/mol. The minimum absolute atomic E-state index is 0.0396. The maximum absolute atomic E-state index is 12.3. The van der Waals surface area contributed by atoms with Gasteiger partial charge in [-0.1, -0.05) is 0 Å². The fourth-order valence-electron chi connectivity index (χ4n) is 1.86. The number of methoxy groups -OCH3 is 1. The van der Waals surface area contributed by atoms with E-state index in [0.717, 1.165) is 11.3 Å². The van der Waals surface area contributed by atoms with Crippen molar-refractivity contribution in [2.75, 3.05) is 12.4 Å². The second-order valence-electron chi connectivity index (χ2n) is 5.05. The number of carbonyl (C=O) groups is 2. The van der Waals surface area contributed by atoms with Crippen LogP contribution in [0.1, 0.15) is 33.9 Å². The van der Waals surface area contributed by atoms with Crippen LogP contribution in [-0.4, -0.2) is 25.0 Å². The molecular formula is C16H18N2O4S. The van der Waals surface area contributed by atoms with Crippen LogP contribution in [0.5, 0.6) is 11.5 Å². The Labute approximate surface area is 138 Å². The van der Waals surface area contributed by atoms with Crippen LogP contribution >= 0.6 is 11.3 Å². The first kappa shape index (κ1) is 16.8. The van der Waals surface area contributed by atoms with Gasteiger partial charge in [-0.05, 0) is 32.0 Å². The van der Waals surface area contributed by atoms with E-state index in [1.54, 1.807) is 30.7 Å². The van der Waals surface area contributed by atoms with Crippen LogP contribution in [0.2, 0.25) is 0 Å². The Kier molecular flexibility index (Phi) is 5.23. The quantitative estimate of drug-likeness (QED) is 0.850. The van der Waals surface area contributed by atoms with Crippen molar-refractivity contribution in [3.63, 3.8) is 0 Å². The first-order valence-electron chi connectivity index (χ1n) is 6.95. The van der Waals surface area contributed by atoms with Gasteiger partial charge in [0.2, 0.25) is 5.91 Å². The summed E-state index contributed by atoms with van der Waals surface area (Å²) in [5.41, 5.74) is 6.00. The number of anilines is 1. The van der Waals surface area contributed by atoms with E-state index in [1.807, 2.05) is 13.8 Å². The Bertz CT molecular complexity index is 725. The van der Waals surface area contributed by atoms with E-state index < -0.39 is 5.91 Å². The van der Waals surface area contributed by atoms with Crippen LogP contribution in [0.15, 0.2) is 29.6 Å². The average Bonchev–Trinajstić information content (AvgIpc) is 2.98. The third kappa shape index (κ3) is 4.23. The van der Waals surface area contributed by atoms with Crippen molar-refractivity contribution in [2.24, 2.45) is 5.73 Å². The summed E-state index contributed by atoms with van der Waals surface area (Å²) in [5, 5.41) is 4.32. The van der Waals surface area contributed by atoms with E-state index in [9.17, 15) is 9.59 Å². The number of nitrogens with two attached hydrogens (primary N) is 1. The summed E-state index contributed by atoms with van der Waals surface area (Å²) in [4.78, 5) is 23.8. The lowest BCUT2D eigenvalue weighted by molar-refractivity contribution is 0.100. The van der Waals surface area contributed by atoms with E-state index in [1.165, 1.54) is 6.07 Å². The van der Waals surface area contributed by atoms with Crippen LogP contribution in [0.25, 0.3) is 0 Å². The highest BCUT2D eigenvalue weighted by Gasteiger charge is 2.15. The third-order valence-corrected chi connectivity index (χ3v) is 3.83. The molecule has 0 aliphatic rings. The van der Waals surface area contributed by atoms with Crippen molar-refractivity contribution in [3.8, 4) is 11.5 Å². The predicted octanol–water partition coefficient (Wildman–Crippen LogP) is 2.90. The average molecular weight is 334 g/mol. The van der Waals surface area contributed by atoms with E-state index >= 15 is 0 Å². The number of nitrogens with one attached hydrogen (secondary N) is 1. The smallest absolute Gasteiger partial charge is 0.265 e. The van der Waals surface area contributed by atoms with Crippen molar-refractivity contribution in [1.29, 1.82) is 0 Å². The van der Waals surface area contributed by atoms with Gasteiger partial charge >= 0.3 is 0 Å². The highest BCUT2D eigenvalue weighted by molar-refractivity contribution is 7.12. The number of benzene rings is 1. The summed E-state index contributed by atoms with van der Waals surface area (Å²) in [5.74, 6) is 0.233. The van der Waals surface area contributed by atoms with E-state index in [-0.39, 0.29) is 12.0 Å². The van der Waals surface area contributed by atoms with E-state index in [2.05, 4.69) is 5.32 Å². The lowest BCUT2D eigenvalue weighted by Crippen LogP contribution is -2.14. The highest BCUT2D eigenvalue weighted by atomic mass is 32.1. The fraction of sp³-hybridized carbons (Fsp3) is 0.250. The van der Waals surface area contributed by atoms with Crippen LogP contribution in [0.3, 0.4) is 0 Å². The Morgan fingerprint density at radius 3 is 2.57 bits per heavy atom. The number of hydrogen-bond donors (Lipinski definition) is 2. The zero-order valence-electron chi connectivity index (χ0n) is 13.1. The number of ether oxygens (including phenoxy) is 2. The van der Waals surface area contributed by atoms with Gasteiger partial charge in [0, 0.05) is 11.4 Å². The van der Waals surface area contributed by atoms with Crippen molar-refractivity contribution in [2.45, 2.75) is 20.0 Å². The van der Waals surface area contributed by atoms with Crippen molar-refractivity contribution in [1.82, 2.24) is 0 Å². The fourth-order valence-corrected chi connectivity index (χ4v) is 2.65. The Hall–Kier alpha value is -2.54. The number of carbonyl (C=O) groups excluding carboxylic acids is 2. The monoisotopic (exact) mass is 334 g/mol. The second-order valence-corrected chi connectivity index (χ2v) is 5.96. The van der Waals surface area contributed by atoms with Gasteiger partial charge in [0.1, 0.15) is 11.5 Å². The summed E-state index contributed by atoms with van der Waals surface area (Å²) in [6.45, 7) is 3.79. The van der Waals surface area contributed by atoms with Gasteiger partial charge in [-0.3, -0.25) is 9.59 Å². The molecule has 1 heterocycles. The summed E-state index contributed by atoms with van der Waals surface area (Å²) < 4.78 is 10.9. The third-order valence-electron chi connectivity index (χ3n) is 2.91. The van der Waals surface area contributed by atoms with Crippen molar-refractivity contribution >= 4 is 28.8 Å². The summed E-state index contributed by atoms with van der Waals surface area (Å²) in [6, 6.07) is 6.63. The molecule has 0 unspecified atom stereocenters. The predicted molar refractivity (Wildman–Crippen MR) is 89.5 cm³/mol. The number of hydrogen-bond acceptors (Lipinski definition) is 5. The molecule has 0 saturated carbocycles. The van der Waals surface area contributed by atoms with Gasteiger partial charge in [0.25, 0.3) is 5.91 Å². The molecule has 2 amide bonds. The molecule has 1 aromatic heterocycles. The molecule has 0 radical (unpaired) electrons. The molecule has 0 aliphatic heterocycles. The topological polar surface area (TPSA) is 90.7 Å². The number of rotatable bonds is 6. The standard InChI is InChI=1S/C16H18N2O4S/c1-9(2)22-13-5-4-11(21-3)7-12(13)18-16(20)14-6-10(8-23-14)15(17)19/h4-9H,1-3H3,(H2,17,19)(H,18,20). The second kappa shape index (κ2) is 7.15. The lowest BCUT2D eigenvalue weighted by atomic mass is 10.2.